The van der Waals surface area contributed by atoms with Gasteiger partial charge in [-0.1, -0.05) is 46.2 Å². The maximum atomic E-state index is 15.7. The van der Waals surface area contributed by atoms with Crippen LogP contribution in [0, 0.1) is 29.0 Å². The van der Waals surface area contributed by atoms with E-state index in [1.807, 2.05) is 45.6 Å². The number of carbonyl (C=O) groups excluding carboxylic acids is 1. The van der Waals surface area contributed by atoms with Gasteiger partial charge in [0, 0.05) is 18.8 Å². The molecule has 2 aromatic carbocycles. The van der Waals surface area contributed by atoms with E-state index in [-0.39, 0.29) is 40.2 Å². The zero-order chi connectivity index (χ0) is 27.0. The summed E-state index contributed by atoms with van der Waals surface area (Å²) in [5.41, 5.74) is 1.67. The number of carbonyl (C=O) groups is 2. The van der Waals surface area contributed by atoms with E-state index in [0.717, 1.165) is 0 Å². The Morgan fingerprint density at radius 3 is 2.25 bits per heavy atom. The predicted octanol–water partition coefficient (Wildman–Crippen LogP) is 7.08. The van der Waals surface area contributed by atoms with E-state index >= 15 is 4.39 Å². The van der Waals surface area contributed by atoms with Gasteiger partial charge >= 0.3 is 12.0 Å². The summed E-state index contributed by atoms with van der Waals surface area (Å²) in [6.07, 6.45) is 0.356. The Labute approximate surface area is 217 Å². The third-order valence-electron chi connectivity index (χ3n) is 5.55. The number of carboxylic acids is 1. The van der Waals surface area contributed by atoms with Crippen molar-refractivity contribution in [1.29, 1.82) is 5.26 Å². The Bertz CT molecular complexity index is 1120. The molecule has 9 heteroatoms. The molecule has 0 spiro atoms. The van der Waals surface area contributed by atoms with E-state index in [0.29, 0.717) is 30.8 Å². The van der Waals surface area contributed by atoms with Crippen LogP contribution in [0.4, 0.5) is 26.2 Å². The van der Waals surface area contributed by atoms with Crippen molar-refractivity contribution in [2.75, 3.05) is 28.6 Å². The van der Waals surface area contributed by atoms with E-state index in [2.05, 4.69) is 10.6 Å². The highest BCUT2D eigenvalue weighted by Gasteiger charge is 2.24. The molecule has 0 saturated heterocycles. The lowest BCUT2D eigenvalue weighted by molar-refractivity contribution is -0.137. The van der Waals surface area contributed by atoms with Gasteiger partial charge in [-0.25, -0.2) is 9.18 Å². The Morgan fingerprint density at radius 1 is 1.11 bits per heavy atom. The molecule has 7 nitrogen and oxygen atoms in total. The minimum atomic E-state index is -0.975. The minimum Gasteiger partial charge on any atom is -0.481 e. The van der Waals surface area contributed by atoms with Crippen molar-refractivity contribution in [3.05, 3.63) is 52.3 Å². The number of rotatable bonds is 11. The zero-order valence-corrected chi connectivity index (χ0v) is 22.1. The van der Waals surface area contributed by atoms with Gasteiger partial charge in [-0.3, -0.25) is 4.79 Å². The summed E-state index contributed by atoms with van der Waals surface area (Å²) in [6, 6.07) is 8.88. The summed E-state index contributed by atoms with van der Waals surface area (Å²) in [4.78, 5) is 26.2. The minimum absolute atomic E-state index is 0.146. The number of hydrogen-bond donors (Lipinski definition) is 3. The van der Waals surface area contributed by atoms with Gasteiger partial charge in [0.15, 0.2) is 0 Å². The fourth-order valence-corrected chi connectivity index (χ4v) is 4.31. The number of anilines is 3. The van der Waals surface area contributed by atoms with Crippen LogP contribution >= 0.6 is 11.6 Å². The van der Waals surface area contributed by atoms with Gasteiger partial charge < -0.3 is 20.6 Å². The predicted molar refractivity (Wildman–Crippen MR) is 142 cm³/mol. The fourth-order valence-electron chi connectivity index (χ4n) is 4.09. The number of hydrogen-bond acceptors (Lipinski definition) is 4. The molecule has 0 aliphatic carbocycles. The summed E-state index contributed by atoms with van der Waals surface area (Å²) in [7, 11) is 0. The SMILES string of the molecule is CCC(CC(=O)O)c1cc(F)c(N(CC(C)C)CC(C)C)c(NC(=O)Nc2ccc(C#N)c(Cl)c2)c1. The number of carboxylic acid groups (broad SMARTS) is 1. The van der Waals surface area contributed by atoms with Crippen LogP contribution in [0.15, 0.2) is 30.3 Å². The van der Waals surface area contributed by atoms with Crippen molar-refractivity contribution in [3.8, 4) is 6.07 Å². The van der Waals surface area contributed by atoms with Crippen LogP contribution in [0.3, 0.4) is 0 Å². The molecule has 0 aliphatic rings. The van der Waals surface area contributed by atoms with Crippen LogP contribution in [-0.4, -0.2) is 30.2 Å². The number of nitrogens with zero attached hydrogens (tertiary/aromatic N) is 2. The molecule has 36 heavy (non-hydrogen) atoms. The number of amides is 2. The van der Waals surface area contributed by atoms with Crippen LogP contribution in [0.1, 0.15) is 64.5 Å². The summed E-state index contributed by atoms with van der Waals surface area (Å²) < 4.78 is 15.7. The van der Waals surface area contributed by atoms with Crippen LogP contribution in [-0.2, 0) is 4.79 Å². The topological polar surface area (TPSA) is 105 Å². The highest BCUT2D eigenvalue weighted by atomic mass is 35.5. The molecule has 0 bridgehead atoms. The second-order valence-corrected chi connectivity index (χ2v) is 10.1. The zero-order valence-electron chi connectivity index (χ0n) is 21.4. The van der Waals surface area contributed by atoms with Gasteiger partial charge in [-0.2, -0.15) is 5.26 Å². The molecule has 194 valence electrons. The summed E-state index contributed by atoms with van der Waals surface area (Å²) in [6.45, 7) is 11.1. The van der Waals surface area contributed by atoms with Gasteiger partial charge in [-0.15, -0.1) is 0 Å². The number of halogens is 2. The van der Waals surface area contributed by atoms with Crippen molar-refractivity contribution in [3.63, 3.8) is 0 Å². The van der Waals surface area contributed by atoms with Gasteiger partial charge in [0.25, 0.3) is 0 Å². The molecular weight excluding hydrogens is 483 g/mol. The van der Waals surface area contributed by atoms with Crippen LogP contribution < -0.4 is 15.5 Å². The Morgan fingerprint density at radius 2 is 1.75 bits per heavy atom. The Hall–Kier alpha value is -3.31. The molecule has 0 aromatic heterocycles. The molecule has 2 aromatic rings. The molecule has 0 aliphatic heterocycles. The normalized spacial score (nSPS) is 11.8. The van der Waals surface area contributed by atoms with Crippen molar-refractivity contribution in [2.24, 2.45) is 11.8 Å². The van der Waals surface area contributed by atoms with Gasteiger partial charge in [0.05, 0.1) is 28.4 Å². The first kappa shape index (κ1) is 28.9. The molecule has 3 N–H and O–H groups in total. The summed E-state index contributed by atoms with van der Waals surface area (Å²) in [5, 5.41) is 24.0. The van der Waals surface area contributed by atoms with Crippen molar-refractivity contribution < 1.29 is 19.1 Å². The van der Waals surface area contributed by atoms with E-state index < -0.39 is 23.7 Å². The average molecular weight is 517 g/mol. The quantitative estimate of drug-likeness (QED) is 0.296. The van der Waals surface area contributed by atoms with Crippen molar-refractivity contribution in [1.82, 2.24) is 0 Å². The fraction of sp³-hybridized carbons (Fsp3) is 0.444. The number of benzene rings is 2. The summed E-state index contributed by atoms with van der Waals surface area (Å²) in [5.74, 6) is -1.43. The second kappa shape index (κ2) is 13.1. The molecular formula is C27H34ClFN4O3. The molecule has 0 heterocycles. The maximum absolute atomic E-state index is 15.7. The highest BCUT2D eigenvalue weighted by molar-refractivity contribution is 6.32. The van der Waals surface area contributed by atoms with Crippen LogP contribution in [0.2, 0.25) is 5.02 Å². The van der Waals surface area contributed by atoms with E-state index in [1.54, 1.807) is 12.1 Å². The Kier molecular flexibility index (Phi) is 10.5. The third-order valence-corrected chi connectivity index (χ3v) is 5.87. The molecule has 1 atom stereocenters. The molecule has 0 fully saturated rings. The largest absolute Gasteiger partial charge is 0.481 e. The molecule has 2 amide bonds. The Balaban J connectivity index is 2.51. The van der Waals surface area contributed by atoms with Gasteiger partial charge in [0.1, 0.15) is 11.9 Å². The van der Waals surface area contributed by atoms with Crippen LogP contribution in [0.5, 0.6) is 0 Å². The van der Waals surface area contributed by atoms with Crippen LogP contribution in [0.25, 0.3) is 0 Å². The van der Waals surface area contributed by atoms with Crippen molar-refractivity contribution >= 4 is 40.7 Å². The van der Waals surface area contributed by atoms with E-state index in [9.17, 15) is 14.7 Å². The standard InChI is InChI=1S/C27H34ClFN4O3/c1-6-18(11-25(34)35)20-9-23(29)26(33(14-16(2)3)15-17(4)5)24(10-20)32-27(36)31-21-8-7-19(13-30)22(28)12-21/h7-10,12,16-18H,6,11,14-15H2,1-5H3,(H,34,35)(H2,31,32,36). The number of nitrogens with one attached hydrogen (secondary N) is 2. The number of aliphatic carboxylic acids is 1. The summed E-state index contributed by atoms with van der Waals surface area (Å²) >= 11 is 6.07. The highest BCUT2D eigenvalue weighted by Crippen LogP contribution is 2.36. The number of urea groups is 1. The lowest BCUT2D eigenvalue weighted by Crippen LogP contribution is -2.33. The van der Waals surface area contributed by atoms with E-state index in [4.69, 9.17) is 16.9 Å². The lowest BCUT2D eigenvalue weighted by Gasteiger charge is -2.31. The first-order chi connectivity index (χ1) is 16.9. The smallest absolute Gasteiger partial charge is 0.323 e. The molecule has 0 saturated carbocycles. The molecule has 1 unspecified atom stereocenters. The lowest BCUT2D eigenvalue weighted by atomic mass is 9.92. The monoisotopic (exact) mass is 516 g/mol. The average Bonchev–Trinajstić information content (AvgIpc) is 2.76. The maximum Gasteiger partial charge on any atom is 0.323 e. The first-order valence-corrected chi connectivity index (χ1v) is 12.4. The van der Waals surface area contributed by atoms with E-state index in [1.165, 1.54) is 18.2 Å². The first-order valence-electron chi connectivity index (χ1n) is 12.0. The number of nitriles is 1. The molecule has 0 radical (unpaired) electrons. The second-order valence-electron chi connectivity index (χ2n) is 9.68. The van der Waals surface area contributed by atoms with Gasteiger partial charge in [0.2, 0.25) is 0 Å². The third kappa shape index (κ3) is 8.13. The molecule has 2 rings (SSSR count). The van der Waals surface area contributed by atoms with Crippen molar-refractivity contribution in [2.45, 2.75) is 53.4 Å². The van der Waals surface area contributed by atoms with Gasteiger partial charge in [-0.05, 0) is 60.1 Å².